The van der Waals surface area contributed by atoms with Gasteiger partial charge in [0.05, 0.1) is 0 Å². The SMILES string of the molecule is CC12C=CC=CC1c1cc3c(cc1C=C2)-c1ccc(-c2nc(-c4ccccc4)nc(-c4ccc5c(c4)oc4ccccc45)n2)cc1C(C)(C)C3(C)C. The zero-order chi connectivity index (χ0) is 35.4. The van der Waals surface area contributed by atoms with Gasteiger partial charge in [-0.05, 0) is 74.5 Å². The maximum atomic E-state index is 6.26. The minimum atomic E-state index is -0.180. The van der Waals surface area contributed by atoms with E-state index in [0.717, 1.165) is 38.6 Å². The van der Waals surface area contributed by atoms with Gasteiger partial charge in [0.25, 0.3) is 0 Å². The molecule has 7 aromatic rings. The number of nitrogens with zero attached hydrogens (tertiary/aromatic N) is 3. The van der Waals surface area contributed by atoms with Crippen molar-refractivity contribution in [2.45, 2.75) is 51.4 Å². The summed E-state index contributed by atoms with van der Waals surface area (Å²) >= 11 is 0. The van der Waals surface area contributed by atoms with Gasteiger partial charge in [-0.25, -0.2) is 15.0 Å². The minimum Gasteiger partial charge on any atom is -0.456 e. The largest absolute Gasteiger partial charge is 0.456 e. The maximum Gasteiger partial charge on any atom is 0.164 e. The van der Waals surface area contributed by atoms with Crippen molar-refractivity contribution >= 4 is 28.0 Å². The van der Waals surface area contributed by atoms with Gasteiger partial charge in [0.1, 0.15) is 11.2 Å². The Morgan fingerprint density at radius 1 is 0.538 bits per heavy atom. The Bertz CT molecular complexity index is 2710. The summed E-state index contributed by atoms with van der Waals surface area (Å²) in [5.74, 6) is 2.24. The lowest BCUT2D eigenvalue weighted by atomic mass is 9.54. The Morgan fingerprint density at radius 2 is 1.19 bits per heavy atom. The molecule has 252 valence electrons. The molecule has 0 fully saturated rings. The van der Waals surface area contributed by atoms with E-state index in [0.29, 0.717) is 23.4 Å². The highest BCUT2D eigenvalue weighted by molar-refractivity contribution is 6.05. The van der Waals surface area contributed by atoms with Gasteiger partial charge < -0.3 is 4.42 Å². The number of hydrogen-bond acceptors (Lipinski definition) is 4. The standard InChI is InChI=1S/C48H39N3O/c1-46(2)39-26-31(18-20-33(39)37-25-30-22-24-48(5)23-12-11-16-38(48)36(30)28-40(37)47(46,3)4)44-49-43(29-13-7-6-8-14-29)50-45(51-44)32-19-21-35-34-15-9-10-17-41(34)52-42(35)27-32/h6-28,38H,1-5H3. The number of hydrogen-bond donors (Lipinski definition) is 0. The maximum absolute atomic E-state index is 6.26. The van der Waals surface area contributed by atoms with Crippen LogP contribution in [0.4, 0.5) is 0 Å². The molecule has 3 aliphatic rings. The summed E-state index contributed by atoms with van der Waals surface area (Å²) in [6.45, 7) is 11.9. The van der Waals surface area contributed by atoms with Crippen molar-refractivity contribution in [3.63, 3.8) is 0 Å². The Morgan fingerprint density at radius 3 is 1.98 bits per heavy atom. The Hall–Kier alpha value is -5.87. The number of benzene rings is 5. The molecule has 0 bridgehead atoms. The fraction of sp³-hybridized carbons (Fsp3) is 0.188. The van der Waals surface area contributed by atoms with Crippen LogP contribution in [0.2, 0.25) is 0 Å². The van der Waals surface area contributed by atoms with Crippen LogP contribution in [0, 0.1) is 5.41 Å². The van der Waals surface area contributed by atoms with Crippen LogP contribution in [-0.2, 0) is 10.8 Å². The van der Waals surface area contributed by atoms with Gasteiger partial charge >= 0.3 is 0 Å². The van der Waals surface area contributed by atoms with E-state index in [4.69, 9.17) is 19.4 Å². The first-order valence-corrected chi connectivity index (χ1v) is 18.2. The Kier molecular flexibility index (Phi) is 6.43. The molecule has 0 saturated heterocycles. The van der Waals surface area contributed by atoms with E-state index in [9.17, 15) is 0 Å². The van der Waals surface area contributed by atoms with Crippen molar-refractivity contribution < 1.29 is 4.42 Å². The van der Waals surface area contributed by atoms with Crippen LogP contribution in [0.1, 0.15) is 62.8 Å². The van der Waals surface area contributed by atoms with Gasteiger partial charge in [0.2, 0.25) is 0 Å². The van der Waals surface area contributed by atoms with E-state index in [2.05, 4.69) is 138 Å². The minimum absolute atomic E-state index is 0.00304. The average molecular weight is 674 g/mol. The highest BCUT2D eigenvalue weighted by Crippen LogP contribution is 2.57. The summed E-state index contributed by atoms with van der Waals surface area (Å²) in [4.78, 5) is 15.3. The first-order chi connectivity index (χ1) is 25.1. The first kappa shape index (κ1) is 30.9. The highest BCUT2D eigenvalue weighted by atomic mass is 16.3. The van der Waals surface area contributed by atoms with Crippen molar-refractivity contribution in [1.82, 2.24) is 15.0 Å². The fourth-order valence-corrected chi connectivity index (χ4v) is 8.73. The quantitative estimate of drug-likeness (QED) is 0.187. The number of rotatable bonds is 3. The molecule has 4 nitrogen and oxygen atoms in total. The summed E-state index contributed by atoms with van der Waals surface area (Å²) in [7, 11) is 0. The molecule has 0 spiro atoms. The van der Waals surface area contributed by atoms with Crippen LogP contribution in [-0.4, -0.2) is 15.0 Å². The number of para-hydroxylation sites is 1. The molecule has 4 heteroatoms. The molecule has 0 radical (unpaired) electrons. The molecular formula is C48H39N3O. The van der Waals surface area contributed by atoms with Crippen LogP contribution in [0.3, 0.4) is 0 Å². The second-order valence-corrected chi connectivity index (χ2v) is 15.9. The van der Waals surface area contributed by atoms with Crippen molar-refractivity contribution in [1.29, 1.82) is 0 Å². The number of furan rings is 1. The van der Waals surface area contributed by atoms with E-state index in [1.54, 1.807) is 0 Å². The molecule has 3 aliphatic carbocycles. The average Bonchev–Trinajstić information content (AvgIpc) is 3.54. The van der Waals surface area contributed by atoms with Crippen molar-refractivity contribution in [3.05, 3.63) is 156 Å². The molecule has 0 saturated carbocycles. The summed E-state index contributed by atoms with van der Waals surface area (Å²) in [5, 5.41) is 2.18. The molecule has 0 aliphatic heterocycles. The zero-order valence-corrected chi connectivity index (χ0v) is 30.1. The van der Waals surface area contributed by atoms with Crippen LogP contribution in [0.5, 0.6) is 0 Å². The van der Waals surface area contributed by atoms with E-state index in [1.165, 1.54) is 33.4 Å². The van der Waals surface area contributed by atoms with E-state index in [1.807, 2.05) is 36.4 Å². The predicted molar refractivity (Wildman–Crippen MR) is 213 cm³/mol. The fourth-order valence-electron chi connectivity index (χ4n) is 8.73. The lowest BCUT2D eigenvalue weighted by Crippen LogP contribution is -2.44. The monoisotopic (exact) mass is 673 g/mol. The van der Waals surface area contributed by atoms with Gasteiger partial charge in [-0.1, -0.05) is 144 Å². The molecule has 0 N–H and O–H groups in total. The van der Waals surface area contributed by atoms with Crippen molar-refractivity contribution in [2.24, 2.45) is 5.41 Å². The van der Waals surface area contributed by atoms with Crippen LogP contribution in [0.15, 0.2) is 138 Å². The molecule has 2 heterocycles. The number of allylic oxidation sites excluding steroid dienone is 5. The van der Waals surface area contributed by atoms with Crippen LogP contribution >= 0.6 is 0 Å². The lowest BCUT2D eigenvalue weighted by Gasteiger charge is -2.49. The van der Waals surface area contributed by atoms with Gasteiger partial charge in [-0.15, -0.1) is 0 Å². The van der Waals surface area contributed by atoms with Gasteiger partial charge in [-0.2, -0.15) is 0 Å². The number of fused-ring (bicyclic) bond motifs is 9. The topological polar surface area (TPSA) is 51.8 Å². The molecule has 2 aromatic heterocycles. The van der Waals surface area contributed by atoms with E-state index < -0.39 is 0 Å². The zero-order valence-electron chi connectivity index (χ0n) is 30.1. The smallest absolute Gasteiger partial charge is 0.164 e. The van der Waals surface area contributed by atoms with Gasteiger partial charge in [-0.3, -0.25) is 0 Å². The van der Waals surface area contributed by atoms with Crippen molar-refractivity contribution in [2.75, 3.05) is 0 Å². The Labute approximate surface area is 304 Å². The third-order valence-corrected chi connectivity index (χ3v) is 12.5. The molecule has 2 atom stereocenters. The number of aromatic nitrogens is 3. The van der Waals surface area contributed by atoms with E-state index in [-0.39, 0.29) is 16.2 Å². The van der Waals surface area contributed by atoms with Crippen LogP contribution in [0.25, 0.3) is 73.3 Å². The summed E-state index contributed by atoms with van der Waals surface area (Å²) in [5.41, 5.74) is 12.2. The molecule has 0 amide bonds. The highest BCUT2D eigenvalue weighted by Gasteiger charge is 2.47. The molecule has 52 heavy (non-hydrogen) atoms. The first-order valence-electron chi connectivity index (χ1n) is 18.2. The van der Waals surface area contributed by atoms with Gasteiger partial charge in [0, 0.05) is 38.8 Å². The Balaban J connectivity index is 1.14. The summed E-state index contributed by atoms with van der Waals surface area (Å²) in [6.07, 6.45) is 13.8. The molecular weight excluding hydrogens is 635 g/mol. The second kappa shape index (κ2) is 10.8. The molecule has 10 rings (SSSR count). The third-order valence-electron chi connectivity index (χ3n) is 12.5. The second-order valence-electron chi connectivity index (χ2n) is 15.9. The van der Waals surface area contributed by atoms with E-state index >= 15 is 0 Å². The normalized spacial score (nSPS) is 20.4. The summed E-state index contributed by atoms with van der Waals surface area (Å²) < 4.78 is 6.26. The van der Waals surface area contributed by atoms with Crippen molar-refractivity contribution in [3.8, 4) is 45.3 Å². The summed E-state index contributed by atoms with van der Waals surface area (Å²) in [6, 6.07) is 36.3. The third kappa shape index (κ3) is 4.43. The molecule has 2 unspecified atom stereocenters. The lowest BCUT2D eigenvalue weighted by molar-refractivity contribution is 0.298. The van der Waals surface area contributed by atoms with Gasteiger partial charge in [0.15, 0.2) is 17.5 Å². The predicted octanol–water partition coefficient (Wildman–Crippen LogP) is 12.3. The molecule has 5 aromatic carbocycles. The van der Waals surface area contributed by atoms with Crippen LogP contribution < -0.4 is 0 Å².